The van der Waals surface area contributed by atoms with Gasteiger partial charge in [0.25, 0.3) is 5.91 Å². The van der Waals surface area contributed by atoms with Crippen LogP contribution >= 0.6 is 11.3 Å². The zero-order chi connectivity index (χ0) is 13.0. The molecule has 0 aromatic carbocycles. The van der Waals surface area contributed by atoms with Crippen LogP contribution in [-0.2, 0) is 0 Å². The summed E-state index contributed by atoms with van der Waals surface area (Å²) in [4.78, 5) is 18.9. The molecule has 0 aliphatic carbocycles. The van der Waals surface area contributed by atoms with E-state index in [2.05, 4.69) is 31.5 Å². The molecule has 18 heavy (non-hydrogen) atoms. The van der Waals surface area contributed by atoms with Crippen molar-refractivity contribution in [2.24, 2.45) is 0 Å². The highest BCUT2D eigenvalue weighted by Crippen LogP contribution is 2.22. The number of hydrogen-bond donors (Lipinski definition) is 2. The molecule has 0 aliphatic rings. The van der Waals surface area contributed by atoms with Gasteiger partial charge in [-0.3, -0.25) is 9.89 Å². The van der Waals surface area contributed by atoms with Crippen molar-refractivity contribution < 1.29 is 4.79 Å². The summed E-state index contributed by atoms with van der Waals surface area (Å²) in [5.41, 5.74) is 0. The fourth-order valence-corrected chi connectivity index (χ4v) is 2.53. The molecule has 0 aliphatic heterocycles. The Morgan fingerprint density at radius 3 is 3.00 bits per heavy atom. The summed E-state index contributed by atoms with van der Waals surface area (Å²) >= 11 is 1.68. The van der Waals surface area contributed by atoms with E-state index in [-0.39, 0.29) is 17.8 Å². The molecule has 2 N–H and O–H groups in total. The zero-order valence-electron chi connectivity index (χ0n) is 10.3. The molecule has 7 heteroatoms. The van der Waals surface area contributed by atoms with Gasteiger partial charge in [-0.15, -0.1) is 11.3 Å². The Hall–Kier alpha value is -1.73. The molecule has 2 aromatic heterocycles. The van der Waals surface area contributed by atoms with E-state index >= 15 is 0 Å². The van der Waals surface area contributed by atoms with E-state index in [1.807, 2.05) is 25.5 Å². The number of aromatic nitrogens is 3. The molecule has 2 heterocycles. The summed E-state index contributed by atoms with van der Waals surface area (Å²) in [6, 6.07) is 4.24. The van der Waals surface area contributed by atoms with E-state index in [1.54, 1.807) is 11.3 Å². The van der Waals surface area contributed by atoms with Crippen LogP contribution in [0.2, 0.25) is 0 Å². The van der Waals surface area contributed by atoms with Crippen LogP contribution < -0.4 is 5.32 Å². The van der Waals surface area contributed by atoms with Crippen LogP contribution in [0.3, 0.4) is 0 Å². The van der Waals surface area contributed by atoms with Crippen molar-refractivity contribution in [1.82, 2.24) is 25.4 Å². The molecule has 0 bridgehead atoms. The first-order valence-electron chi connectivity index (χ1n) is 5.52. The molecule has 6 nitrogen and oxygen atoms in total. The first-order valence-corrected chi connectivity index (χ1v) is 6.40. The third-order valence-electron chi connectivity index (χ3n) is 2.58. The zero-order valence-corrected chi connectivity index (χ0v) is 11.1. The summed E-state index contributed by atoms with van der Waals surface area (Å²) < 4.78 is 0. The average Bonchev–Trinajstić information content (AvgIpc) is 3.01. The number of nitrogens with zero attached hydrogens (tertiary/aromatic N) is 3. The Kier molecular flexibility index (Phi) is 4.06. The number of carbonyl (C=O) groups is 1. The second kappa shape index (κ2) is 5.74. The van der Waals surface area contributed by atoms with Gasteiger partial charge < -0.3 is 10.2 Å². The number of likely N-dealkylation sites (N-methyl/N-ethyl adjacent to an activating group) is 1. The SMILES string of the molecule is CN(C)C(CNC(=O)c1ncn[nH]1)c1cccs1. The third kappa shape index (κ3) is 2.93. The smallest absolute Gasteiger partial charge is 0.288 e. The van der Waals surface area contributed by atoms with Crippen molar-refractivity contribution in [1.29, 1.82) is 0 Å². The number of hydrogen-bond acceptors (Lipinski definition) is 5. The van der Waals surface area contributed by atoms with E-state index in [0.29, 0.717) is 6.54 Å². The lowest BCUT2D eigenvalue weighted by Gasteiger charge is -2.23. The molecule has 0 spiro atoms. The van der Waals surface area contributed by atoms with Crippen LogP contribution in [0.4, 0.5) is 0 Å². The molecule has 0 fully saturated rings. The summed E-state index contributed by atoms with van der Waals surface area (Å²) in [5.74, 6) is -0.00501. The summed E-state index contributed by atoms with van der Waals surface area (Å²) in [7, 11) is 3.98. The van der Waals surface area contributed by atoms with Gasteiger partial charge in [0.1, 0.15) is 6.33 Å². The maximum absolute atomic E-state index is 11.7. The minimum atomic E-state index is -0.240. The Labute approximate surface area is 109 Å². The largest absolute Gasteiger partial charge is 0.347 e. The first-order chi connectivity index (χ1) is 8.68. The second-order valence-electron chi connectivity index (χ2n) is 4.04. The summed E-state index contributed by atoms with van der Waals surface area (Å²) in [6.07, 6.45) is 1.32. The fraction of sp³-hybridized carbons (Fsp3) is 0.364. The minimum absolute atomic E-state index is 0.164. The van der Waals surface area contributed by atoms with Crippen molar-refractivity contribution in [3.8, 4) is 0 Å². The van der Waals surface area contributed by atoms with Gasteiger partial charge in [-0.25, -0.2) is 4.98 Å². The topological polar surface area (TPSA) is 73.9 Å². The maximum atomic E-state index is 11.7. The van der Waals surface area contributed by atoms with E-state index in [9.17, 15) is 4.79 Å². The maximum Gasteiger partial charge on any atom is 0.288 e. The molecule has 96 valence electrons. The first kappa shape index (κ1) is 12.7. The Morgan fingerprint density at radius 2 is 2.44 bits per heavy atom. The molecule has 0 saturated heterocycles. The van der Waals surface area contributed by atoms with E-state index in [4.69, 9.17) is 0 Å². The molecule has 2 rings (SSSR count). The molecular weight excluding hydrogens is 250 g/mol. The lowest BCUT2D eigenvalue weighted by atomic mass is 10.2. The van der Waals surface area contributed by atoms with Crippen molar-refractivity contribution in [2.75, 3.05) is 20.6 Å². The highest BCUT2D eigenvalue weighted by atomic mass is 32.1. The van der Waals surface area contributed by atoms with Crippen molar-refractivity contribution >= 4 is 17.2 Å². The van der Waals surface area contributed by atoms with Gasteiger partial charge in [-0.05, 0) is 25.5 Å². The normalized spacial score (nSPS) is 12.6. The van der Waals surface area contributed by atoms with Crippen molar-refractivity contribution in [3.63, 3.8) is 0 Å². The monoisotopic (exact) mass is 265 g/mol. The third-order valence-corrected chi connectivity index (χ3v) is 3.55. The summed E-state index contributed by atoms with van der Waals surface area (Å²) in [6.45, 7) is 0.535. The number of thiophene rings is 1. The highest BCUT2D eigenvalue weighted by Gasteiger charge is 2.17. The van der Waals surface area contributed by atoms with Gasteiger partial charge in [-0.1, -0.05) is 6.07 Å². The Balaban J connectivity index is 1.97. The van der Waals surface area contributed by atoms with E-state index in [1.165, 1.54) is 11.2 Å². The second-order valence-corrected chi connectivity index (χ2v) is 5.02. The van der Waals surface area contributed by atoms with Gasteiger partial charge in [0.05, 0.1) is 6.04 Å². The van der Waals surface area contributed by atoms with Crippen LogP contribution in [0.1, 0.15) is 21.5 Å². The highest BCUT2D eigenvalue weighted by molar-refractivity contribution is 7.10. The standard InChI is InChI=1S/C11H15N5OS/c1-16(2)8(9-4-3-5-18-9)6-12-11(17)10-13-7-14-15-10/h3-5,7-8H,6H2,1-2H3,(H,12,17)(H,13,14,15). The lowest BCUT2D eigenvalue weighted by molar-refractivity contribution is 0.0932. The molecule has 0 radical (unpaired) electrons. The fourth-order valence-electron chi connectivity index (χ4n) is 1.61. The van der Waals surface area contributed by atoms with Gasteiger partial charge >= 0.3 is 0 Å². The van der Waals surface area contributed by atoms with Crippen LogP contribution in [0.25, 0.3) is 0 Å². The number of carbonyl (C=O) groups excluding carboxylic acids is 1. The Bertz CT molecular complexity index is 480. The summed E-state index contributed by atoms with van der Waals surface area (Å²) in [5, 5.41) is 11.1. The molecule has 1 amide bonds. The van der Waals surface area contributed by atoms with Crippen LogP contribution in [0.15, 0.2) is 23.8 Å². The van der Waals surface area contributed by atoms with E-state index < -0.39 is 0 Å². The van der Waals surface area contributed by atoms with Crippen LogP contribution in [-0.4, -0.2) is 46.6 Å². The van der Waals surface area contributed by atoms with Crippen molar-refractivity contribution in [3.05, 3.63) is 34.5 Å². The number of rotatable bonds is 5. The van der Waals surface area contributed by atoms with Crippen LogP contribution in [0.5, 0.6) is 0 Å². The predicted molar refractivity (Wildman–Crippen MR) is 69.5 cm³/mol. The lowest BCUT2D eigenvalue weighted by Crippen LogP contribution is -2.34. The van der Waals surface area contributed by atoms with Gasteiger partial charge in [0.2, 0.25) is 5.82 Å². The van der Waals surface area contributed by atoms with E-state index in [0.717, 1.165) is 0 Å². The van der Waals surface area contributed by atoms with Crippen molar-refractivity contribution in [2.45, 2.75) is 6.04 Å². The number of H-pyrrole nitrogens is 1. The quantitative estimate of drug-likeness (QED) is 0.842. The minimum Gasteiger partial charge on any atom is -0.347 e. The molecule has 0 saturated carbocycles. The Morgan fingerprint density at radius 1 is 1.61 bits per heavy atom. The van der Waals surface area contributed by atoms with Gasteiger partial charge in [0.15, 0.2) is 0 Å². The van der Waals surface area contributed by atoms with Gasteiger partial charge in [-0.2, -0.15) is 5.10 Å². The predicted octanol–water partition coefficient (Wildman–Crippen LogP) is 0.899. The average molecular weight is 265 g/mol. The van der Waals surface area contributed by atoms with Crippen LogP contribution in [0, 0.1) is 0 Å². The molecule has 1 unspecified atom stereocenters. The molecular formula is C11H15N5OS. The molecule has 2 aromatic rings. The van der Waals surface area contributed by atoms with Gasteiger partial charge in [0, 0.05) is 11.4 Å². The number of aromatic amines is 1. The number of amides is 1. The number of nitrogens with one attached hydrogen (secondary N) is 2. The molecule has 1 atom stereocenters.